The molecule has 0 aliphatic heterocycles. The van der Waals surface area contributed by atoms with E-state index in [0.717, 1.165) is 28.8 Å². The Labute approximate surface area is 450 Å². The number of nitrogens with zero attached hydrogens (tertiary/aromatic N) is 6. The number of nitrogens with two attached hydrogens (primary N) is 3. The van der Waals surface area contributed by atoms with E-state index < -0.39 is 42.6 Å². The van der Waals surface area contributed by atoms with Gasteiger partial charge in [-0.05, 0) is 170 Å². The molecule has 0 heterocycles. The molecule has 8 rings (SSSR count). The quantitative estimate of drug-likeness (QED) is 0.0161. The van der Waals surface area contributed by atoms with Crippen LogP contribution in [-0.4, -0.2) is 62.4 Å². The second kappa shape index (κ2) is 25.2. The van der Waals surface area contributed by atoms with Gasteiger partial charge >= 0.3 is 0 Å². The molecule has 2 atom stereocenters. The van der Waals surface area contributed by atoms with Crippen molar-refractivity contribution in [2.45, 2.75) is 67.8 Å². The van der Waals surface area contributed by atoms with E-state index in [1.807, 2.05) is 52.0 Å². The fraction of sp³-hybridized carbons (Fsp3) is 0.189. The molecule has 24 heteroatoms. The Morgan fingerprint density at radius 3 is 1.90 bits per heavy atom. The van der Waals surface area contributed by atoms with Crippen molar-refractivity contribution in [2.24, 2.45) is 42.2 Å². The van der Waals surface area contributed by atoms with E-state index in [-0.39, 0.29) is 17.4 Å². The number of hydrogen-bond acceptors (Lipinski definition) is 19. The molecule has 1 aliphatic carbocycles. The number of nitrogens with one attached hydrogen (secondary N) is 1. The maximum atomic E-state index is 12.6. The largest absolute Gasteiger partial charge is 0.505 e. The molecule has 0 fully saturated rings. The Balaban J connectivity index is 0.000000401. The van der Waals surface area contributed by atoms with Crippen molar-refractivity contribution in [3.63, 3.8) is 0 Å². The number of aromatic hydroxyl groups is 1. The zero-order valence-electron chi connectivity index (χ0n) is 42.4. The van der Waals surface area contributed by atoms with E-state index >= 15 is 0 Å². The standard InChI is InChI=1S/C42H42N8O6S.C10H12N2O3S2.CH2O2/c1-7-16-56-39-23-37(46-45-31-11-15-34(43)24(2)17-31)27(5)20-38(39)49-47-35-18-26(4)36(19-25(35)3)48-50-41-40(57(52,53)54)22-28-21-30(10-14-33(28)42(41)51)44-29-8-12-32(55-6)13-9-29;11-8-2-1-6-7(10(8)12)3-5(4-9(6)16)17(13,14)15;2-1-3/h8-15,17-23,44,51H,7,16,43H2,1-6H3,(H,52,53,54);1-4,8,10,16H,11-12H2,(H,13,14,15);1H,(H,2,3). The van der Waals surface area contributed by atoms with Gasteiger partial charge in [0.15, 0.2) is 5.75 Å². The van der Waals surface area contributed by atoms with Gasteiger partial charge in [-0.3, -0.25) is 13.9 Å². The zero-order chi connectivity index (χ0) is 56.4. The van der Waals surface area contributed by atoms with Crippen LogP contribution in [0.25, 0.3) is 16.8 Å². The molecule has 0 saturated carbocycles. The average molecular weight is 1110 g/mol. The molecule has 0 spiro atoms. The Bertz CT molecular complexity index is 3710. The summed E-state index contributed by atoms with van der Waals surface area (Å²) in [6, 6.07) is 27.8. The number of phenolic OH excluding ortho intramolecular Hbond substituents is 1. The first-order chi connectivity index (χ1) is 36.4. The van der Waals surface area contributed by atoms with Gasteiger partial charge in [-0.15, -0.1) is 22.9 Å². The smallest absolute Gasteiger partial charge is 0.296 e. The van der Waals surface area contributed by atoms with E-state index in [1.165, 1.54) is 18.2 Å². The normalized spacial score (nSPS) is 14.2. The molecular formula is C53H56N10O11S3. The van der Waals surface area contributed by atoms with E-state index in [0.29, 0.717) is 90.3 Å². The molecule has 0 bridgehead atoms. The van der Waals surface area contributed by atoms with Gasteiger partial charge < -0.3 is 42.2 Å². The summed E-state index contributed by atoms with van der Waals surface area (Å²) in [6.45, 7) is 9.65. The van der Waals surface area contributed by atoms with Gasteiger partial charge in [0.1, 0.15) is 27.8 Å². The van der Waals surface area contributed by atoms with Crippen LogP contribution in [0.15, 0.2) is 155 Å². The lowest BCUT2D eigenvalue weighted by Gasteiger charge is -2.25. The minimum absolute atomic E-state index is 0.223. The van der Waals surface area contributed by atoms with E-state index in [4.69, 9.17) is 41.1 Å². The molecule has 0 amide bonds. The van der Waals surface area contributed by atoms with Crippen molar-refractivity contribution in [1.82, 2.24) is 0 Å². The number of anilines is 3. The maximum absolute atomic E-state index is 12.6. The van der Waals surface area contributed by atoms with Crippen molar-refractivity contribution in [3.05, 3.63) is 143 Å². The van der Waals surface area contributed by atoms with Gasteiger partial charge in [-0.2, -0.15) is 37.3 Å². The highest BCUT2D eigenvalue weighted by Gasteiger charge is 2.25. The molecule has 21 nitrogen and oxygen atoms in total. The Kier molecular flexibility index (Phi) is 19.0. The van der Waals surface area contributed by atoms with E-state index in [9.17, 15) is 26.5 Å². The van der Waals surface area contributed by atoms with Crippen LogP contribution in [0.1, 0.15) is 52.8 Å². The van der Waals surface area contributed by atoms with Gasteiger partial charge in [-0.25, -0.2) is 0 Å². The summed E-state index contributed by atoms with van der Waals surface area (Å²) in [4.78, 5) is 7.98. The molecule has 0 saturated heterocycles. The molecule has 0 aromatic heterocycles. The van der Waals surface area contributed by atoms with Crippen LogP contribution >= 0.6 is 12.6 Å². The number of hydrogen-bond donors (Lipinski definition) is 9. The van der Waals surface area contributed by atoms with Crippen LogP contribution in [0.2, 0.25) is 0 Å². The first-order valence-corrected chi connectivity index (χ1v) is 26.6. The lowest BCUT2D eigenvalue weighted by molar-refractivity contribution is -0.122. The average Bonchev–Trinajstić information content (AvgIpc) is 3.39. The van der Waals surface area contributed by atoms with Crippen molar-refractivity contribution < 1.29 is 50.4 Å². The summed E-state index contributed by atoms with van der Waals surface area (Å²) in [6.07, 6.45) is 4.27. The number of benzene rings is 7. The molecule has 7 aromatic carbocycles. The van der Waals surface area contributed by atoms with Crippen LogP contribution < -0.4 is 32.0 Å². The number of phenols is 1. The number of carbonyl (C=O) groups is 1. The van der Waals surface area contributed by atoms with Gasteiger partial charge in [0.2, 0.25) is 0 Å². The fourth-order valence-corrected chi connectivity index (χ4v) is 9.19. The minimum atomic E-state index is -4.83. The van der Waals surface area contributed by atoms with Gasteiger partial charge in [0, 0.05) is 45.5 Å². The fourth-order valence-electron chi connectivity index (χ4n) is 7.56. The number of carboxylic acid groups (broad SMARTS) is 1. The number of azo groups is 3. The van der Waals surface area contributed by atoms with Crippen molar-refractivity contribution >= 4 is 107 Å². The van der Waals surface area contributed by atoms with E-state index in [1.54, 1.807) is 86.8 Å². The third-order valence-corrected chi connectivity index (χ3v) is 13.8. The molecule has 11 N–H and O–H groups in total. The number of thiol groups is 1. The summed E-state index contributed by atoms with van der Waals surface area (Å²) in [5, 5.41) is 48.4. The van der Waals surface area contributed by atoms with Crippen molar-refractivity contribution in [1.29, 1.82) is 0 Å². The second-order valence-electron chi connectivity index (χ2n) is 17.3. The number of aryl methyl sites for hydroxylation is 4. The zero-order valence-corrected chi connectivity index (χ0v) is 45.0. The number of ether oxygens (including phenoxy) is 2. The first-order valence-electron chi connectivity index (χ1n) is 23.3. The molecular weight excluding hydrogens is 1050 g/mol. The van der Waals surface area contributed by atoms with Crippen LogP contribution in [0.4, 0.5) is 51.2 Å². The Morgan fingerprint density at radius 2 is 1.30 bits per heavy atom. The van der Waals surface area contributed by atoms with Crippen molar-refractivity contribution in [3.8, 4) is 17.2 Å². The highest BCUT2D eigenvalue weighted by Crippen LogP contribution is 2.44. The molecule has 1 aliphatic rings. The Morgan fingerprint density at radius 1 is 0.714 bits per heavy atom. The highest BCUT2D eigenvalue weighted by atomic mass is 32.2. The first kappa shape index (κ1) is 58.2. The lowest BCUT2D eigenvalue weighted by atomic mass is 9.90. The van der Waals surface area contributed by atoms with Crippen LogP contribution in [0.5, 0.6) is 17.2 Å². The molecule has 7 aromatic rings. The predicted molar refractivity (Wildman–Crippen MR) is 299 cm³/mol. The van der Waals surface area contributed by atoms with Gasteiger partial charge in [-0.1, -0.05) is 19.1 Å². The number of methoxy groups -OCH3 is 1. The third-order valence-electron chi connectivity index (χ3n) is 11.7. The summed E-state index contributed by atoms with van der Waals surface area (Å²) >= 11 is 4.18. The summed E-state index contributed by atoms with van der Waals surface area (Å²) in [5.41, 5.74) is 26.4. The molecule has 0 radical (unpaired) electrons. The SMILES string of the molecule is CCCOc1cc(N=Nc2ccc(N)c(C)c2)c(C)cc1N=Nc1cc(C)c(N=Nc2c(S(=O)(=O)O)cc3cc(Nc4ccc(OC)cc4)ccc3c2O)cc1C.NC1C=Cc2c(S)cc(S(=O)(=O)O)cc2C1N.O=CO. The van der Waals surface area contributed by atoms with Gasteiger partial charge in [0.25, 0.3) is 26.7 Å². The van der Waals surface area contributed by atoms with Gasteiger partial charge in [0.05, 0.1) is 41.4 Å². The Hall–Kier alpha value is -8.10. The summed E-state index contributed by atoms with van der Waals surface area (Å²) < 4.78 is 77.7. The third kappa shape index (κ3) is 14.6. The number of rotatable bonds is 14. The molecule has 77 heavy (non-hydrogen) atoms. The molecule has 402 valence electrons. The van der Waals surface area contributed by atoms with Crippen LogP contribution in [0.3, 0.4) is 0 Å². The topological polar surface area (TPSA) is 349 Å². The maximum Gasteiger partial charge on any atom is 0.296 e. The summed E-state index contributed by atoms with van der Waals surface area (Å²) in [5.74, 6) is 0.744. The number of fused-ring (bicyclic) bond motifs is 2. The number of nitrogen functional groups attached to an aromatic ring is 1. The molecule has 2 unspecified atom stereocenters. The lowest BCUT2D eigenvalue weighted by Crippen LogP contribution is -2.34. The van der Waals surface area contributed by atoms with Crippen LogP contribution in [-0.2, 0) is 25.0 Å². The minimum Gasteiger partial charge on any atom is -0.505 e. The van der Waals surface area contributed by atoms with Crippen molar-refractivity contribution in [2.75, 3.05) is 24.8 Å². The monoisotopic (exact) mass is 1100 g/mol. The second-order valence-corrected chi connectivity index (χ2v) is 20.6. The predicted octanol–water partition coefficient (Wildman–Crippen LogP) is 12.7. The highest BCUT2D eigenvalue weighted by molar-refractivity contribution is 7.86. The summed E-state index contributed by atoms with van der Waals surface area (Å²) in [7, 11) is -7.52. The van der Waals surface area contributed by atoms with Crippen LogP contribution in [0, 0.1) is 27.7 Å². The van der Waals surface area contributed by atoms with E-state index in [2.05, 4.69) is 48.6 Å².